The Morgan fingerprint density at radius 1 is 1.07 bits per heavy atom. The van der Waals surface area contributed by atoms with Crippen LogP contribution in [0.25, 0.3) is 10.2 Å². The first-order chi connectivity index (χ1) is 13.8. The van der Waals surface area contributed by atoms with Gasteiger partial charge in [-0.2, -0.15) is 0 Å². The van der Waals surface area contributed by atoms with E-state index in [9.17, 15) is 4.39 Å². The minimum absolute atomic E-state index is 0.265. The van der Waals surface area contributed by atoms with E-state index in [-0.39, 0.29) is 5.82 Å². The van der Waals surface area contributed by atoms with E-state index in [1.54, 1.807) is 23.7 Å². The molecule has 140 valence electrons. The van der Waals surface area contributed by atoms with Crippen LogP contribution in [0.15, 0.2) is 60.9 Å². The van der Waals surface area contributed by atoms with Gasteiger partial charge in [0.2, 0.25) is 0 Å². The summed E-state index contributed by atoms with van der Waals surface area (Å²) in [6.45, 7) is 2.88. The molecule has 0 radical (unpaired) electrons. The first-order valence-corrected chi connectivity index (χ1v) is 10.1. The minimum Gasteiger partial charge on any atom is -0.339 e. The summed E-state index contributed by atoms with van der Waals surface area (Å²) >= 11 is 1.74. The normalized spacial score (nSPS) is 14.2. The number of rotatable bonds is 4. The fraction of sp³-hybridized carbons (Fsp3) is 0.182. The van der Waals surface area contributed by atoms with E-state index >= 15 is 0 Å². The van der Waals surface area contributed by atoms with Crippen LogP contribution in [0.2, 0.25) is 0 Å². The Morgan fingerprint density at radius 3 is 2.82 bits per heavy atom. The van der Waals surface area contributed by atoms with Gasteiger partial charge in [0.05, 0.1) is 5.39 Å². The summed E-state index contributed by atoms with van der Waals surface area (Å²) in [6.07, 6.45) is 2.54. The molecule has 0 fully saturated rings. The van der Waals surface area contributed by atoms with Crippen molar-refractivity contribution in [2.75, 3.05) is 11.9 Å². The zero-order valence-electron chi connectivity index (χ0n) is 15.2. The van der Waals surface area contributed by atoms with Gasteiger partial charge in [-0.15, -0.1) is 11.3 Å². The molecule has 0 spiro atoms. The van der Waals surface area contributed by atoms with Gasteiger partial charge >= 0.3 is 0 Å². The zero-order chi connectivity index (χ0) is 18.9. The van der Waals surface area contributed by atoms with E-state index in [1.807, 2.05) is 6.07 Å². The summed E-state index contributed by atoms with van der Waals surface area (Å²) < 4.78 is 13.5. The van der Waals surface area contributed by atoms with Crippen LogP contribution in [-0.4, -0.2) is 21.4 Å². The van der Waals surface area contributed by atoms with Crippen molar-refractivity contribution in [2.24, 2.45) is 0 Å². The highest BCUT2D eigenvalue weighted by atomic mass is 32.1. The molecule has 28 heavy (non-hydrogen) atoms. The second kappa shape index (κ2) is 7.30. The van der Waals surface area contributed by atoms with Crippen molar-refractivity contribution in [3.8, 4) is 0 Å². The summed E-state index contributed by atoms with van der Waals surface area (Å²) in [5.41, 5.74) is 3.35. The van der Waals surface area contributed by atoms with Crippen LogP contribution in [0.5, 0.6) is 0 Å². The summed E-state index contributed by atoms with van der Waals surface area (Å²) in [7, 11) is 0. The maximum absolute atomic E-state index is 13.5. The number of benzene rings is 2. The molecule has 1 N–H and O–H groups in total. The van der Waals surface area contributed by atoms with Gasteiger partial charge in [0, 0.05) is 30.2 Å². The van der Waals surface area contributed by atoms with Gasteiger partial charge in [-0.3, -0.25) is 4.90 Å². The predicted molar refractivity (Wildman–Crippen MR) is 111 cm³/mol. The first kappa shape index (κ1) is 17.3. The number of halogens is 1. The second-order valence-corrected chi connectivity index (χ2v) is 8.07. The van der Waals surface area contributed by atoms with Crippen LogP contribution in [0.1, 0.15) is 16.0 Å². The molecule has 0 saturated heterocycles. The number of hydrogen-bond acceptors (Lipinski definition) is 5. The molecule has 1 aliphatic rings. The highest BCUT2D eigenvalue weighted by Gasteiger charge is 2.23. The van der Waals surface area contributed by atoms with Crippen molar-refractivity contribution in [3.05, 3.63) is 82.7 Å². The Labute approximate surface area is 166 Å². The zero-order valence-corrected chi connectivity index (χ0v) is 16.0. The lowest BCUT2D eigenvalue weighted by molar-refractivity contribution is 0.249. The molecule has 0 atom stereocenters. The Balaban J connectivity index is 1.45. The largest absolute Gasteiger partial charge is 0.339 e. The number of nitrogens with zero attached hydrogens (tertiary/aromatic N) is 3. The molecule has 5 rings (SSSR count). The topological polar surface area (TPSA) is 41.1 Å². The van der Waals surface area contributed by atoms with Crippen LogP contribution >= 0.6 is 11.3 Å². The fourth-order valence-corrected chi connectivity index (χ4v) is 4.98. The highest BCUT2D eigenvalue weighted by Crippen LogP contribution is 2.38. The molecule has 0 amide bonds. The van der Waals surface area contributed by atoms with E-state index < -0.39 is 0 Å². The Bertz CT molecular complexity index is 1130. The van der Waals surface area contributed by atoms with Crippen molar-refractivity contribution >= 4 is 33.1 Å². The second-order valence-electron chi connectivity index (χ2n) is 6.99. The average molecular weight is 390 g/mol. The van der Waals surface area contributed by atoms with E-state index in [2.05, 4.69) is 50.5 Å². The lowest BCUT2D eigenvalue weighted by Gasteiger charge is -2.27. The van der Waals surface area contributed by atoms with Gasteiger partial charge in [-0.25, -0.2) is 14.4 Å². The van der Waals surface area contributed by atoms with E-state index in [0.717, 1.165) is 42.1 Å². The SMILES string of the molecule is Fc1cccc(Nc2ncnc3sc4c(c23)CCN(Cc2ccccc2)C4)c1. The smallest absolute Gasteiger partial charge is 0.142 e. The van der Waals surface area contributed by atoms with Crippen molar-refractivity contribution in [1.29, 1.82) is 0 Å². The highest BCUT2D eigenvalue weighted by molar-refractivity contribution is 7.19. The van der Waals surface area contributed by atoms with Gasteiger partial charge in [0.1, 0.15) is 22.8 Å². The van der Waals surface area contributed by atoms with E-state index in [0.29, 0.717) is 5.69 Å². The minimum atomic E-state index is -0.265. The Hall–Kier alpha value is -2.83. The van der Waals surface area contributed by atoms with Gasteiger partial charge in [0.15, 0.2) is 0 Å². The number of hydrogen-bond donors (Lipinski definition) is 1. The number of anilines is 2. The summed E-state index contributed by atoms with van der Waals surface area (Å²) in [5, 5.41) is 4.35. The molecule has 2 aromatic carbocycles. The molecule has 0 saturated carbocycles. The standard InChI is InChI=1S/C22H19FN4S/c23-16-7-4-8-17(11-16)26-21-20-18-9-10-27(12-15-5-2-1-3-6-15)13-19(18)28-22(20)25-14-24-21/h1-8,11,14H,9-10,12-13H2,(H,24,25,26). The Kier molecular flexibility index (Phi) is 4.50. The molecular weight excluding hydrogens is 371 g/mol. The molecule has 0 aliphatic carbocycles. The molecule has 4 nitrogen and oxygen atoms in total. The molecule has 0 unspecified atom stereocenters. The van der Waals surface area contributed by atoms with Crippen LogP contribution < -0.4 is 5.32 Å². The van der Waals surface area contributed by atoms with Gasteiger partial charge in [-0.05, 0) is 35.7 Å². The molecule has 3 heterocycles. The molecular formula is C22H19FN4S. The quantitative estimate of drug-likeness (QED) is 0.524. The summed E-state index contributed by atoms with van der Waals surface area (Å²) in [5.74, 6) is 0.490. The van der Waals surface area contributed by atoms with Crippen molar-refractivity contribution < 1.29 is 4.39 Å². The lowest BCUT2D eigenvalue weighted by Crippen LogP contribution is -2.29. The predicted octanol–water partition coefficient (Wildman–Crippen LogP) is 5.13. The van der Waals surface area contributed by atoms with E-state index in [4.69, 9.17) is 0 Å². The summed E-state index contributed by atoms with van der Waals surface area (Å²) in [4.78, 5) is 13.7. The van der Waals surface area contributed by atoms with Gasteiger partial charge < -0.3 is 5.32 Å². The van der Waals surface area contributed by atoms with Gasteiger partial charge in [-0.1, -0.05) is 36.4 Å². The fourth-order valence-electron chi connectivity index (χ4n) is 3.76. The molecule has 6 heteroatoms. The van der Waals surface area contributed by atoms with E-state index in [1.165, 1.54) is 28.1 Å². The number of fused-ring (bicyclic) bond motifs is 3. The monoisotopic (exact) mass is 390 g/mol. The molecule has 2 aromatic heterocycles. The average Bonchev–Trinajstić information content (AvgIpc) is 3.07. The van der Waals surface area contributed by atoms with Crippen molar-refractivity contribution in [2.45, 2.75) is 19.5 Å². The lowest BCUT2D eigenvalue weighted by atomic mass is 10.0. The van der Waals surface area contributed by atoms with Crippen LogP contribution in [-0.2, 0) is 19.5 Å². The third kappa shape index (κ3) is 3.37. The third-order valence-electron chi connectivity index (χ3n) is 5.05. The number of thiophene rings is 1. The Morgan fingerprint density at radius 2 is 1.96 bits per heavy atom. The summed E-state index contributed by atoms with van der Waals surface area (Å²) in [6, 6.07) is 17.0. The molecule has 4 aromatic rings. The van der Waals surface area contributed by atoms with Crippen LogP contribution in [0, 0.1) is 5.82 Å². The number of aromatic nitrogens is 2. The first-order valence-electron chi connectivity index (χ1n) is 9.30. The molecule has 0 bridgehead atoms. The van der Waals surface area contributed by atoms with Crippen molar-refractivity contribution in [1.82, 2.24) is 14.9 Å². The molecule has 1 aliphatic heterocycles. The van der Waals surface area contributed by atoms with Crippen LogP contribution in [0.3, 0.4) is 0 Å². The number of nitrogens with one attached hydrogen (secondary N) is 1. The third-order valence-corrected chi connectivity index (χ3v) is 6.18. The van der Waals surface area contributed by atoms with Gasteiger partial charge in [0.25, 0.3) is 0 Å². The van der Waals surface area contributed by atoms with Crippen molar-refractivity contribution in [3.63, 3.8) is 0 Å². The maximum atomic E-state index is 13.5. The van der Waals surface area contributed by atoms with Crippen LogP contribution in [0.4, 0.5) is 15.9 Å². The maximum Gasteiger partial charge on any atom is 0.142 e.